The molecule has 0 spiro atoms. The van der Waals surface area contributed by atoms with Gasteiger partial charge in [0.1, 0.15) is 0 Å². The lowest BCUT2D eigenvalue weighted by molar-refractivity contribution is -0.141. The topological polar surface area (TPSA) is 63.6 Å². The molecule has 1 unspecified atom stereocenters. The van der Waals surface area contributed by atoms with E-state index in [9.17, 15) is 9.59 Å². The van der Waals surface area contributed by atoms with Crippen molar-refractivity contribution in [2.45, 2.75) is 6.42 Å². The number of aliphatic carboxylic acids is 1. The Morgan fingerprint density at radius 1 is 1.73 bits per heavy atom. The van der Waals surface area contributed by atoms with Crippen LogP contribution in [0.5, 0.6) is 0 Å². The first-order chi connectivity index (χ1) is 5.15. The van der Waals surface area contributed by atoms with E-state index in [0.717, 1.165) is 6.08 Å². The molecule has 1 atom stereocenters. The molecule has 0 aromatic heterocycles. The van der Waals surface area contributed by atoms with Gasteiger partial charge in [0, 0.05) is 6.08 Å². The standard InChI is InChI=1S/C7H8O4/c1-11-7(10)5-2-4(5)3-6(8)9/h3,5H,2H2,1H3,(H,8,9)/b4-3+. The van der Waals surface area contributed by atoms with E-state index in [1.165, 1.54) is 7.11 Å². The second-order valence-electron chi connectivity index (χ2n) is 2.34. The summed E-state index contributed by atoms with van der Waals surface area (Å²) >= 11 is 0. The SMILES string of the molecule is COC(=O)C1C/C1=C\C(=O)O. The predicted octanol–water partition coefficient (Wildman–Crippen LogP) is 0.190. The van der Waals surface area contributed by atoms with Crippen LogP contribution in [0.4, 0.5) is 0 Å². The fourth-order valence-electron chi connectivity index (χ4n) is 0.872. The molecule has 0 radical (unpaired) electrons. The number of hydrogen-bond donors (Lipinski definition) is 1. The van der Waals surface area contributed by atoms with Crippen molar-refractivity contribution >= 4 is 11.9 Å². The lowest BCUT2D eigenvalue weighted by Crippen LogP contribution is -2.02. The van der Waals surface area contributed by atoms with Crippen molar-refractivity contribution in [2.75, 3.05) is 7.11 Å². The first-order valence-electron chi connectivity index (χ1n) is 3.16. The molecule has 1 rings (SSSR count). The van der Waals surface area contributed by atoms with E-state index < -0.39 is 5.97 Å². The molecule has 0 heterocycles. The van der Waals surface area contributed by atoms with Crippen LogP contribution >= 0.6 is 0 Å². The number of hydrogen-bond acceptors (Lipinski definition) is 3. The average molecular weight is 156 g/mol. The van der Waals surface area contributed by atoms with Gasteiger partial charge in [-0.05, 0) is 12.0 Å². The number of carboxylic acid groups (broad SMARTS) is 1. The van der Waals surface area contributed by atoms with Gasteiger partial charge in [0.25, 0.3) is 0 Å². The highest BCUT2D eigenvalue weighted by molar-refractivity contribution is 5.87. The fourth-order valence-corrected chi connectivity index (χ4v) is 0.872. The molecule has 0 amide bonds. The molecule has 0 aromatic carbocycles. The molecule has 0 bridgehead atoms. The molecule has 1 fully saturated rings. The zero-order valence-corrected chi connectivity index (χ0v) is 6.03. The zero-order valence-electron chi connectivity index (χ0n) is 6.03. The summed E-state index contributed by atoms with van der Waals surface area (Å²) < 4.78 is 4.41. The van der Waals surface area contributed by atoms with Crippen molar-refractivity contribution in [3.8, 4) is 0 Å². The van der Waals surface area contributed by atoms with Crippen LogP contribution in [0.3, 0.4) is 0 Å². The first-order valence-corrected chi connectivity index (χ1v) is 3.16. The quantitative estimate of drug-likeness (QED) is 0.458. The van der Waals surface area contributed by atoms with Crippen LogP contribution in [-0.2, 0) is 14.3 Å². The van der Waals surface area contributed by atoms with Gasteiger partial charge in [-0.3, -0.25) is 4.79 Å². The van der Waals surface area contributed by atoms with Crippen molar-refractivity contribution in [1.82, 2.24) is 0 Å². The molecule has 1 N–H and O–H groups in total. The minimum atomic E-state index is -1.01. The van der Waals surface area contributed by atoms with Gasteiger partial charge in [-0.15, -0.1) is 0 Å². The molecule has 1 aliphatic carbocycles. The number of carbonyl (C=O) groups is 2. The fraction of sp³-hybridized carbons (Fsp3) is 0.429. The van der Waals surface area contributed by atoms with Crippen LogP contribution in [0.2, 0.25) is 0 Å². The van der Waals surface area contributed by atoms with E-state index in [0.29, 0.717) is 12.0 Å². The maximum Gasteiger partial charge on any atom is 0.328 e. The van der Waals surface area contributed by atoms with Crippen molar-refractivity contribution in [1.29, 1.82) is 0 Å². The highest BCUT2D eigenvalue weighted by Gasteiger charge is 2.38. The summed E-state index contributed by atoms with van der Waals surface area (Å²) in [5, 5.41) is 8.27. The monoisotopic (exact) mass is 156 g/mol. The van der Waals surface area contributed by atoms with Gasteiger partial charge in [0.15, 0.2) is 0 Å². The van der Waals surface area contributed by atoms with E-state index in [1.807, 2.05) is 0 Å². The van der Waals surface area contributed by atoms with Crippen molar-refractivity contribution < 1.29 is 19.4 Å². The van der Waals surface area contributed by atoms with Gasteiger partial charge < -0.3 is 9.84 Å². The molecule has 0 saturated heterocycles. The molecular weight excluding hydrogens is 148 g/mol. The Bertz CT molecular complexity index is 229. The Morgan fingerprint density at radius 2 is 2.36 bits per heavy atom. The minimum Gasteiger partial charge on any atom is -0.478 e. The molecule has 1 saturated carbocycles. The Labute approximate surface area is 63.5 Å². The van der Waals surface area contributed by atoms with Crippen molar-refractivity contribution in [3.63, 3.8) is 0 Å². The van der Waals surface area contributed by atoms with Crippen LogP contribution in [0.1, 0.15) is 6.42 Å². The van der Waals surface area contributed by atoms with Gasteiger partial charge in [0.2, 0.25) is 0 Å². The Kier molecular flexibility index (Phi) is 1.94. The highest BCUT2D eigenvalue weighted by Crippen LogP contribution is 2.38. The van der Waals surface area contributed by atoms with E-state index in [4.69, 9.17) is 5.11 Å². The van der Waals surface area contributed by atoms with E-state index in [-0.39, 0.29) is 11.9 Å². The van der Waals surface area contributed by atoms with Crippen LogP contribution < -0.4 is 0 Å². The van der Waals surface area contributed by atoms with Gasteiger partial charge in [-0.25, -0.2) is 4.79 Å². The summed E-state index contributed by atoms with van der Waals surface area (Å²) in [6.07, 6.45) is 1.58. The van der Waals surface area contributed by atoms with E-state index in [2.05, 4.69) is 4.74 Å². The number of ether oxygens (including phenoxy) is 1. The molecule has 60 valence electrons. The molecule has 0 aliphatic heterocycles. The molecule has 1 aliphatic rings. The third-order valence-corrected chi connectivity index (χ3v) is 1.52. The lowest BCUT2D eigenvalue weighted by atomic mass is 10.4. The van der Waals surface area contributed by atoms with Crippen LogP contribution in [0, 0.1) is 5.92 Å². The second kappa shape index (κ2) is 2.74. The number of esters is 1. The number of rotatable bonds is 2. The molecular formula is C7H8O4. The minimum absolute atomic E-state index is 0.295. The van der Waals surface area contributed by atoms with E-state index >= 15 is 0 Å². The maximum atomic E-state index is 10.7. The summed E-state index contributed by atoms with van der Waals surface area (Å²) in [6, 6.07) is 0. The summed E-state index contributed by atoms with van der Waals surface area (Å²) in [5.41, 5.74) is 0.643. The molecule has 4 nitrogen and oxygen atoms in total. The maximum absolute atomic E-state index is 10.7. The van der Waals surface area contributed by atoms with Crippen molar-refractivity contribution in [3.05, 3.63) is 11.6 Å². The van der Waals surface area contributed by atoms with Crippen molar-refractivity contribution in [2.24, 2.45) is 5.92 Å². The summed E-state index contributed by atoms with van der Waals surface area (Å²) in [7, 11) is 1.29. The zero-order chi connectivity index (χ0) is 8.43. The van der Waals surface area contributed by atoms with E-state index in [1.54, 1.807) is 0 Å². The predicted molar refractivity (Wildman–Crippen MR) is 35.8 cm³/mol. The highest BCUT2D eigenvalue weighted by atomic mass is 16.5. The van der Waals surface area contributed by atoms with Crippen LogP contribution in [-0.4, -0.2) is 24.2 Å². The molecule has 11 heavy (non-hydrogen) atoms. The normalized spacial score (nSPS) is 24.8. The third-order valence-electron chi connectivity index (χ3n) is 1.52. The second-order valence-corrected chi connectivity index (χ2v) is 2.34. The van der Waals surface area contributed by atoms with Crippen LogP contribution in [0.25, 0.3) is 0 Å². The largest absolute Gasteiger partial charge is 0.478 e. The van der Waals surface area contributed by atoms with Gasteiger partial charge >= 0.3 is 11.9 Å². The Balaban J connectivity index is 2.49. The van der Waals surface area contributed by atoms with Gasteiger partial charge in [0.05, 0.1) is 13.0 Å². The summed E-state index contributed by atoms with van der Waals surface area (Å²) in [5.74, 6) is -1.65. The summed E-state index contributed by atoms with van der Waals surface area (Å²) in [4.78, 5) is 20.8. The Hall–Kier alpha value is -1.32. The first kappa shape index (κ1) is 7.78. The smallest absolute Gasteiger partial charge is 0.328 e. The lowest BCUT2D eigenvalue weighted by Gasteiger charge is -1.90. The average Bonchev–Trinajstić information content (AvgIpc) is 2.65. The molecule has 4 heteroatoms. The Morgan fingerprint density at radius 3 is 2.82 bits per heavy atom. The van der Waals surface area contributed by atoms with Gasteiger partial charge in [-0.1, -0.05) is 0 Å². The number of methoxy groups -OCH3 is 1. The number of carboxylic acids is 1. The van der Waals surface area contributed by atoms with Crippen LogP contribution in [0.15, 0.2) is 11.6 Å². The number of carbonyl (C=O) groups excluding carboxylic acids is 1. The van der Waals surface area contributed by atoms with Gasteiger partial charge in [-0.2, -0.15) is 0 Å². The third kappa shape index (κ3) is 1.80. The molecule has 0 aromatic rings. The summed E-state index contributed by atoms with van der Waals surface area (Å²) in [6.45, 7) is 0.